The Balaban J connectivity index is 1.25. The van der Waals surface area contributed by atoms with E-state index in [0.717, 1.165) is 28.8 Å². The van der Waals surface area contributed by atoms with Crippen molar-refractivity contribution in [3.05, 3.63) is 131 Å². The number of nitrogen functional groups attached to an aromatic ring is 1. The van der Waals surface area contributed by atoms with E-state index >= 15 is 0 Å². The molecule has 2 aliphatic carbocycles. The number of fused-ring (bicyclic) bond motifs is 4. The smallest absolute Gasteiger partial charge is 0.114 e. The van der Waals surface area contributed by atoms with Gasteiger partial charge >= 0.3 is 0 Å². The molecule has 5 heterocycles. The third kappa shape index (κ3) is 3.44. The lowest BCUT2D eigenvalue weighted by Gasteiger charge is -2.27. The van der Waals surface area contributed by atoms with Crippen LogP contribution < -0.4 is 10.6 Å². The van der Waals surface area contributed by atoms with Gasteiger partial charge in [-0.25, -0.2) is 0 Å². The molecule has 4 unspecified atom stereocenters. The summed E-state index contributed by atoms with van der Waals surface area (Å²) in [5, 5.41) is 1.15. The number of aromatic nitrogens is 2. The molecule has 2 aromatic heterocycles. The normalized spacial score (nSPS) is 27.7. The summed E-state index contributed by atoms with van der Waals surface area (Å²) in [6, 6.07) is 12.9. The minimum atomic E-state index is 0.134. The summed E-state index contributed by atoms with van der Waals surface area (Å²) < 4.78 is 2.27. The van der Waals surface area contributed by atoms with E-state index in [4.69, 9.17) is 10.7 Å². The van der Waals surface area contributed by atoms with Crippen LogP contribution in [0.3, 0.4) is 0 Å². The van der Waals surface area contributed by atoms with Gasteiger partial charge in [0, 0.05) is 29.6 Å². The summed E-state index contributed by atoms with van der Waals surface area (Å²) in [4.78, 5) is 7.35. The van der Waals surface area contributed by atoms with Crippen LogP contribution in [0.1, 0.15) is 16.5 Å². The zero-order valence-electron chi connectivity index (χ0n) is 20.6. The molecule has 1 aromatic carbocycles. The first kappa shape index (κ1) is 22.4. The molecular formula is C32H26N4S2. The molecular weight excluding hydrogens is 505 g/mol. The third-order valence-electron chi connectivity index (χ3n) is 7.86. The van der Waals surface area contributed by atoms with Crippen LogP contribution in [0.25, 0.3) is 17.1 Å². The molecule has 0 spiro atoms. The van der Waals surface area contributed by atoms with Crippen molar-refractivity contribution >= 4 is 52.1 Å². The van der Waals surface area contributed by atoms with Gasteiger partial charge in [-0.3, -0.25) is 4.98 Å². The molecule has 0 amide bonds. The van der Waals surface area contributed by atoms with Gasteiger partial charge in [-0.05, 0) is 53.1 Å². The van der Waals surface area contributed by atoms with E-state index in [2.05, 4.69) is 107 Å². The summed E-state index contributed by atoms with van der Waals surface area (Å²) >= 11 is 3.92. The molecule has 38 heavy (non-hydrogen) atoms. The lowest BCUT2D eigenvalue weighted by Crippen LogP contribution is -2.27. The molecule has 186 valence electrons. The summed E-state index contributed by atoms with van der Waals surface area (Å²) in [6.45, 7) is 0. The van der Waals surface area contributed by atoms with Gasteiger partial charge < -0.3 is 15.2 Å². The van der Waals surface area contributed by atoms with Crippen LogP contribution in [0.15, 0.2) is 120 Å². The van der Waals surface area contributed by atoms with Gasteiger partial charge in [0.25, 0.3) is 0 Å². The van der Waals surface area contributed by atoms with Gasteiger partial charge in [0.15, 0.2) is 0 Å². The fourth-order valence-electron chi connectivity index (χ4n) is 6.12. The minimum absolute atomic E-state index is 0.134. The molecule has 0 saturated heterocycles. The van der Waals surface area contributed by atoms with Crippen molar-refractivity contribution in [2.45, 2.75) is 27.7 Å². The van der Waals surface area contributed by atoms with Gasteiger partial charge in [0.2, 0.25) is 0 Å². The number of hydrogen-bond donors (Lipinski definition) is 1. The van der Waals surface area contributed by atoms with Crippen molar-refractivity contribution < 1.29 is 0 Å². The number of rotatable bonds is 3. The van der Waals surface area contributed by atoms with Gasteiger partial charge in [-0.1, -0.05) is 66.8 Å². The number of hydrogen-bond acceptors (Lipinski definition) is 5. The maximum absolute atomic E-state index is 7.01. The van der Waals surface area contributed by atoms with E-state index in [1.165, 1.54) is 28.1 Å². The number of anilines is 2. The first-order valence-corrected chi connectivity index (χ1v) is 14.9. The summed E-state index contributed by atoms with van der Waals surface area (Å²) in [7, 11) is 0. The molecule has 5 aliphatic rings. The minimum Gasteiger partial charge on any atom is -0.384 e. The summed E-state index contributed by atoms with van der Waals surface area (Å²) in [6.07, 6.45) is 27.4. The van der Waals surface area contributed by atoms with Crippen LogP contribution in [-0.4, -0.2) is 25.4 Å². The van der Waals surface area contributed by atoms with E-state index < -0.39 is 0 Å². The SMILES string of the molecule is Nc1c(/C=C2\Cc3ccccc3N2C2C=C3C=CC=CC3S2)c2ncccc2n1C1C=C2C=CC=CC2S1. The predicted octanol–water partition coefficient (Wildman–Crippen LogP) is 7.18. The van der Waals surface area contributed by atoms with Crippen molar-refractivity contribution in [2.75, 3.05) is 10.6 Å². The molecule has 0 bridgehead atoms. The Kier molecular flexibility index (Phi) is 5.13. The van der Waals surface area contributed by atoms with Crippen LogP contribution >= 0.6 is 23.5 Å². The molecule has 8 rings (SSSR count). The fourth-order valence-corrected chi connectivity index (χ4v) is 8.90. The van der Waals surface area contributed by atoms with Crippen molar-refractivity contribution in [1.29, 1.82) is 0 Å². The average Bonchev–Trinajstić information content (AvgIpc) is 3.70. The zero-order chi connectivity index (χ0) is 25.2. The fraction of sp³-hybridized carbons (Fsp3) is 0.156. The van der Waals surface area contributed by atoms with Crippen LogP contribution in [-0.2, 0) is 6.42 Å². The quantitative estimate of drug-likeness (QED) is 0.389. The second kappa shape index (κ2) is 8.72. The Morgan fingerprint density at radius 1 is 0.868 bits per heavy atom. The number of nitrogens with zero attached hydrogens (tertiary/aromatic N) is 3. The van der Waals surface area contributed by atoms with E-state index in [-0.39, 0.29) is 10.7 Å². The van der Waals surface area contributed by atoms with Gasteiger partial charge in [-0.2, -0.15) is 0 Å². The highest BCUT2D eigenvalue weighted by Crippen LogP contribution is 2.48. The largest absolute Gasteiger partial charge is 0.384 e. The second-order valence-corrected chi connectivity index (χ2v) is 12.6. The molecule has 3 aliphatic heterocycles. The highest BCUT2D eigenvalue weighted by atomic mass is 32.2. The maximum atomic E-state index is 7.01. The van der Waals surface area contributed by atoms with Crippen molar-refractivity contribution in [2.24, 2.45) is 0 Å². The van der Waals surface area contributed by atoms with Crippen LogP contribution in [0, 0.1) is 0 Å². The predicted molar refractivity (Wildman–Crippen MR) is 163 cm³/mol. The summed E-state index contributed by atoms with van der Waals surface area (Å²) in [5.41, 5.74) is 16.7. The van der Waals surface area contributed by atoms with Gasteiger partial charge in [0.05, 0.1) is 26.9 Å². The van der Waals surface area contributed by atoms with E-state index in [9.17, 15) is 0 Å². The Morgan fingerprint density at radius 3 is 2.39 bits per heavy atom. The van der Waals surface area contributed by atoms with Crippen LogP contribution in [0.2, 0.25) is 0 Å². The molecule has 0 saturated carbocycles. The van der Waals surface area contributed by atoms with E-state index in [1.54, 1.807) is 0 Å². The molecule has 0 fully saturated rings. The first-order chi connectivity index (χ1) is 18.7. The number of allylic oxidation sites excluding steroid dienone is 7. The third-order valence-corrected chi connectivity index (χ3v) is 10.6. The number of thioether (sulfide) groups is 2. The lowest BCUT2D eigenvalue weighted by molar-refractivity contribution is 0.856. The summed E-state index contributed by atoms with van der Waals surface area (Å²) in [5.74, 6) is 0.778. The standard InChI is InChI=1S/C32H26N4S2/c33-32-24(31-26(12-7-15-34-31)36(32)30-18-22-10-3-6-14-28(22)38-30)19-23-16-20-8-1-4-11-25(20)35(23)29-17-21-9-2-5-13-27(21)37-29/h1-15,17-19,27-30H,16,33H2/b23-19+. The van der Waals surface area contributed by atoms with Crippen molar-refractivity contribution in [1.82, 2.24) is 9.55 Å². The van der Waals surface area contributed by atoms with Crippen molar-refractivity contribution in [3.63, 3.8) is 0 Å². The van der Waals surface area contributed by atoms with Crippen molar-refractivity contribution in [3.8, 4) is 0 Å². The van der Waals surface area contributed by atoms with Crippen LogP contribution in [0.4, 0.5) is 11.5 Å². The highest BCUT2D eigenvalue weighted by Gasteiger charge is 2.36. The Bertz CT molecular complexity index is 1700. The number of pyridine rings is 1. The Morgan fingerprint density at radius 2 is 1.61 bits per heavy atom. The number of nitrogens with two attached hydrogens (primary N) is 1. The Labute approximate surface area is 230 Å². The Hall–Kier alpha value is -3.61. The second-order valence-electron chi connectivity index (χ2n) is 10.1. The van der Waals surface area contributed by atoms with Gasteiger partial charge in [-0.15, -0.1) is 23.5 Å². The van der Waals surface area contributed by atoms with Gasteiger partial charge in [0.1, 0.15) is 11.2 Å². The monoisotopic (exact) mass is 530 g/mol. The molecule has 4 nitrogen and oxygen atoms in total. The van der Waals surface area contributed by atoms with Crippen LogP contribution in [0.5, 0.6) is 0 Å². The first-order valence-electron chi connectivity index (χ1n) is 13.0. The molecule has 6 heteroatoms. The molecule has 3 aromatic rings. The number of para-hydroxylation sites is 1. The maximum Gasteiger partial charge on any atom is 0.114 e. The molecule has 4 atom stereocenters. The van der Waals surface area contributed by atoms with E-state index in [0.29, 0.717) is 10.5 Å². The molecule has 2 N–H and O–H groups in total. The average molecular weight is 531 g/mol. The zero-order valence-corrected chi connectivity index (χ0v) is 22.3. The lowest BCUT2D eigenvalue weighted by atomic mass is 10.1. The topological polar surface area (TPSA) is 47.1 Å². The highest BCUT2D eigenvalue weighted by molar-refractivity contribution is 8.01. The van der Waals surface area contributed by atoms with E-state index in [1.807, 2.05) is 35.8 Å². The molecule has 0 radical (unpaired) electrons. The number of benzene rings is 1.